The maximum absolute atomic E-state index is 13.0. The topological polar surface area (TPSA) is 46.6 Å². The van der Waals surface area contributed by atoms with Crippen molar-refractivity contribution in [3.63, 3.8) is 0 Å². The van der Waals surface area contributed by atoms with Crippen LogP contribution in [-0.4, -0.2) is 29.0 Å². The second-order valence-electron chi connectivity index (χ2n) is 5.60. The third-order valence-electron chi connectivity index (χ3n) is 3.28. The summed E-state index contributed by atoms with van der Waals surface area (Å²) in [5.41, 5.74) is -2.48. The Hall–Kier alpha value is -2.38. The summed E-state index contributed by atoms with van der Waals surface area (Å²) in [5, 5.41) is 0. The summed E-state index contributed by atoms with van der Waals surface area (Å²) in [7, 11) is 0. The smallest absolute Gasteiger partial charge is 0.417 e. The molecule has 8 heteroatoms. The number of rotatable bonds is 2. The van der Waals surface area contributed by atoms with Crippen LogP contribution in [0, 0.1) is 5.82 Å². The molecule has 0 radical (unpaired) electrons. The van der Waals surface area contributed by atoms with E-state index in [0.29, 0.717) is 6.07 Å². The van der Waals surface area contributed by atoms with Gasteiger partial charge in [0.1, 0.15) is 12.4 Å². The SMILES string of the molecule is CC1(C)COC(=O)N1C(=O)/C=C/c1ccc(F)cc1C(F)(F)F. The van der Waals surface area contributed by atoms with Crippen molar-refractivity contribution < 1.29 is 31.9 Å². The number of cyclic esters (lactones) is 1. The van der Waals surface area contributed by atoms with Gasteiger partial charge in [0.2, 0.25) is 0 Å². The molecule has 0 spiro atoms. The van der Waals surface area contributed by atoms with E-state index >= 15 is 0 Å². The van der Waals surface area contributed by atoms with Gasteiger partial charge in [0.25, 0.3) is 5.91 Å². The highest BCUT2D eigenvalue weighted by atomic mass is 19.4. The highest BCUT2D eigenvalue weighted by molar-refractivity contribution is 6.02. The molecule has 0 atom stereocenters. The lowest BCUT2D eigenvalue weighted by atomic mass is 10.0. The van der Waals surface area contributed by atoms with Gasteiger partial charge in [-0.1, -0.05) is 6.07 Å². The molecule has 1 aromatic rings. The number of hydrogen-bond acceptors (Lipinski definition) is 3. The molecule has 2 amide bonds. The Morgan fingerprint density at radius 1 is 1.35 bits per heavy atom. The van der Waals surface area contributed by atoms with Crippen LogP contribution in [0.3, 0.4) is 0 Å². The van der Waals surface area contributed by atoms with Crippen molar-refractivity contribution in [2.75, 3.05) is 6.61 Å². The predicted octanol–water partition coefficient (Wildman–Crippen LogP) is 3.62. The number of carbonyl (C=O) groups excluding carboxylic acids is 2. The molecule has 1 saturated heterocycles. The first-order chi connectivity index (χ1) is 10.5. The molecular formula is C15H13F4NO3. The molecule has 0 bridgehead atoms. The summed E-state index contributed by atoms with van der Waals surface area (Å²) >= 11 is 0. The summed E-state index contributed by atoms with van der Waals surface area (Å²) in [5.74, 6) is -1.85. The average Bonchev–Trinajstić information content (AvgIpc) is 2.70. The second kappa shape index (κ2) is 5.68. The largest absolute Gasteiger partial charge is 0.447 e. The van der Waals surface area contributed by atoms with Crippen molar-refractivity contribution in [2.24, 2.45) is 0 Å². The molecule has 23 heavy (non-hydrogen) atoms. The fraction of sp³-hybridized carbons (Fsp3) is 0.333. The number of alkyl halides is 3. The summed E-state index contributed by atoms with van der Waals surface area (Å²) in [6.07, 6.45) is -3.90. The van der Waals surface area contributed by atoms with E-state index in [1.165, 1.54) is 0 Å². The van der Waals surface area contributed by atoms with Crippen molar-refractivity contribution in [2.45, 2.75) is 25.6 Å². The van der Waals surface area contributed by atoms with E-state index in [-0.39, 0.29) is 12.2 Å². The summed E-state index contributed by atoms with van der Waals surface area (Å²) in [6, 6.07) is 2.11. The zero-order valence-corrected chi connectivity index (χ0v) is 12.3. The fourth-order valence-electron chi connectivity index (χ4n) is 2.16. The number of benzene rings is 1. The van der Waals surface area contributed by atoms with Crippen molar-refractivity contribution in [3.05, 3.63) is 41.2 Å². The van der Waals surface area contributed by atoms with Crippen LogP contribution in [-0.2, 0) is 15.7 Å². The molecule has 1 fully saturated rings. The Morgan fingerprint density at radius 2 is 2.00 bits per heavy atom. The molecule has 1 aliphatic rings. The van der Waals surface area contributed by atoms with Gasteiger partial charge in [0.15, 0.2) is 0 Å². The Bertz CT molecular complexity index is 680. The minimum absolute atomic E-state index is 0.00420. The molecular weight excluding hydrogens is 318 g/mol. The predicted molar refractivity (Wildman–Crippen MR) is 72.7 cm³/mol. The monoisotopic (exact) mass is 331 g/mol. The van der Waals surface area contributed by atoms with Crippen LogP contribution >= 0.6 is 0 Å². The molecule has 4 nitrogen and oxygen atoms in total. The average molecular weight is 331 g/mol. The third-order valence-corrected chi connectivity index (χ3v) is 3.28. The third kappa shape index (κ3) is 3.52. The van der Waals surface area contributed by atoms with E-state index in [1.807, 2.05) is 0 Å². The molecule has 1 aromatic carbocycles. The van der Waals surface area contributed by atoms with Crippen LogP contribution in [0.15, 0.2) is 24.3 Å². The minimum atomic E-state index is -4.77. The molecule has 0 unspecified atom stereocenters. The minimum Gasteiger partial charge on any atom is -0.447 e. The second-order valence-corrected chi connectivity index (χ2v) is 5.60. The maximum Gasteiger partial charge on any atom is 0.417 e. The maximum atomic E-state index is 13.0. The standard InChI is InChI=1S/C15H13F4NO3/c1-14(2)8-23-13(22)20(14)12(21)6-4-9-3-5-10(16)7-11(9)15(17,18)19/h3-7H,8H2,1-2H3/b6-4+. The zero-order valence-electron chi connectivity index (χ0n) is 12.3. The van der Waals surface area contributed by atoms with Gasteiger partial charge in [-0.3, -0.25) is 4.79 Å². The molecule has 1 heterocycles. The lowest BCUT2D eigenvalue weighted by Crippen LogP contribution is -2.45. The molecule has 0 N–H and O–H groups in total. The van der Waals surface area contributed by atoms with Crippen molar-refractivity contribution in [3.8, 4) is 0 Å². The van der Waals surface area contributed by atoms with Crippen LogP contribution in [0.5, 0.6) is 0 Å². The fourth-order valence-corrected chi connectivity index (χ4v) is 2.16. The van der Waals surface area contributed by atoms with Crippen LogP contribution < -0.4 is 0 Å². The van der Waals surface area contributed by atoms with Gasteiger partial charge in [-0.15, -0.1) is 0 Å². The van der Waals surface area contributed by atoms with E-state index in [0.717, 1.165) is 29.2 Å². The zero-order chi connectivity index (χ0) is 17.4. The number of carbonyl (C=O) groups is 2. The van der Waals surface area contributed by atoms with Gasteiger partial charge >= 0.3 is 12.3 Å². The van der Waals surface area contributed by atoms with Gasteiger partial charge in [-0.25, -0.2) is 14.1 Å². The number of ether oxygens (including phenoxy) is 1. The summed E-state index contributed by atoms with van der Waals surface area (Å²) in [6.45, 7) is 3.17. The molecule has 0 aromatic heterocycles. The van der Waals surface area contributed by atoms with E-state index in [2.05, 4.69) is 0 Å². The lowest BCUT2D eigenvalue weighted by Gasteiger charge is -2.24. The van der Waals surface area contributed by atoms with Crippen LogP contribution in [0.25, 0.3) is 6.08 Å². The van der Waals surface area contributed by atoms with Crippen molar-refractivity contribution in [1.29, 1.82) is 0 Å². The van der Waals surface area contributed by atoms with Gasteiger partial charge in [-0.05, 0) is 37.6 Å². The van der Waals surface area contributed by atoms with Crippen molar-refractivity contribution in [1.82, 2.24) is 4.90 Å². The molecule has 124 valence electrons. The van der Waals surface area contributed by atoms with Gasteiger partial charge in [0, 0.05) is 6.08 Å². The Morgan fingerprint density at radius 3 is 2.52 bits per heavy atom. The van der Waals surface area contributed by atoms with Crippen LogP contribution in [0.4, 0.5) is 22.4 Å². The van der Waals surface area contributed by atoms with Gasteiger partial charge in [-0.2, -0.15) is 13.2 Å². The summed E-state index contributed by atoms with van der Waals surface area (Å²) in [4.78, 5) is 24.4. The molecule has 0 saturated carbocycles. The van der Waals surface area contributed by atoms with Crippen LogP contribution in [0.2, 0.25) is 0 Å². The number of amides is 2. The highest BCUT2D eigenvalue weighted by Crippen LogP contribution is 2.33. The van der Waals surface area contributed by atoms with Crippen molar-refractivity contribution >= 4 is 18.1 Å². The normalized spacial score (nSPS) is 17.7. The molecule has 0 aliphatic carbocycles. The van der Waals surface area contributed by atoms with E-state index in [4.69, 9.17) is 4.74 Å². The Balaban J connectivity index is 2.31. The number of nitrogens with zero attached hydrogens (tertiary/aromatic N) is 1. The number of hydrogen-bond donors (Lipinski definition) is 0. The van der Waals surface area contributed by atoms with Gasteiger partial charge in [0.05, 0.1) is 11.1 Å². The Kier molecular flexibility index (Phi) is 4.19. The highest BCUT2D eigenvalue weighted by Gasteiger charge is 2.43. The number of halogens is 4. The number of imide groups is 1. The lowest BCUT2D eigenvalue weighted by molar-refractivity contribution is -0.138. The van der Waals surface area contributed by atoms with E-state index in [1.54, 1.807) is 13.8 Å². The molecule has 1 aliphatic heterocycles. The summed E-state index contributed by atoms with van der Waals surface area (Å²) < 4.78 is 56.4. The Labute approximate surface area is 129 Å². The van der Waals surface area contributed by atoms with E-state index < -0.39 is 35.1 Å². The van der Waals surface area contributed by atoms with Crippen LogP contribution in [0.1, 0.15) is 25.0 Å². The quantitative estimate of drug-likeness (QED) is 0.614. The first-order valence-electron chi connectivity index (χ1n) is 6.58. The van der Waals surface area contributed by atoms with E-state index in [9.17, 15) is 27.2 Å². The first kappa shape index (κ1) is 17.0. The first-order valence-corrected chi connectivity index (χ1v) is 6.58. The molecule has 2 rings (SSSR count). The van der Waals surface area contributed by atoms with Gasteiger partial charge < -0.3 is 4.74 Å².